The van der Waals surface area contributed by atoms with E-state index in [-0.39, 0.29) is 17.0 Å². The van der Waals surface area contributed by atoms with Gasteiger partial charge in [0, 0.05) is 38.6 Å². The molecule has 2 unspecified atom stereocenters. The molecule has 2 heterocycles. The lowest BCUT2D eigenvalue weighted by Crippen LogP contribution is -2.56. The number of methoxy groups -OCH3 is 1. The van der Waals surface area contributed by atoms with Gasteiger partial charge in [0.2, 0.25) is 0 Å². The second kappa shape index (κ2) is 10.2. The molecule has 2 aliphatic rings. The van der Waals surface area contributed by atoms with Crippen LogP contribution in [-0.4, -0.2) is 88.8 Å². The van der Waals surface area contributed by atoms with Crippen molar-refractivity contribution in [3.05, 3.63) is 29.8 Å². The number of sulfonamides is 1. The van der Waals surface area contributed by atoms with E-state index < -0.39 is 15.7 Å². The average molecular weight is 452 g/mol. The van der Waals surface area contributed by atoms with Gasteiger partial charge in [-0.15, -0.1) is 0 Å². The van der Waals surface area contributed by atoms with Crippen molar-refractivity contribution in [1.29, 1.82) is 0 Å². The molecule has 1 aromatic carbocycles. The SMILES string of the molecule is COC(C)c1c#cc(S(=O)(=O)N2C(CCCCN(C)C)COC23CCN(C)CC3)cc1. The van der Waals surface area contributed by atoms with E-state index in [4.69, 9.17) is 9.47 Å². The predicted octanol–water partition coefficient (Wildman–Crippen LogP) is 2.54. The summed E-state index contributed by atoms with van der Waals surface area (Å²) in [6, 6.07) is 9.12. The van der Waals surface area contributed by atoms with E-state index in [1.165, 1.54) is 0 Å². The zero-order valence-corrected chi connectivity index (χ0v) is 20.4. The number of rotatable bonds is 9. The van der Waals surface area contributed by atoms with E-state index in [9.17, 15) is 8.42 Å². The molecule has 0 bridgehead atoms. The van der Waals surface area contributed by atoms with Crippen molar-refractivity contribution < 1.29 is 17.9 Å². The molecule has 0 aromatic heterocycles. The first kappa shape index (κ1) is 24.4. The summed E-state index contributed by atoms with van der Waals surface area (Å²) < 4.78 is 40.9. The largest absolute Gasteiger partial charge is 0.376 e. The molecule has 31 heavy (non-hydrogen) atoms. The first-order valence-electron chi connectivity index (χ1n) is 11.2. The molecule has 0 amide bonds. The summed E-state index contributed by atoms with van der Waals surface area (Å²) in [4.78, 5) is 4.54. The van der Waals surface area contributed by atoms with Crippen LogP contribution >= 0.6 is 0 Å². The van der Waals surface area contributed by atoms with Gasteiger partial charge in [0.25, 0.3) is 10.0 Å². The van der Waals surface area contributed by atoms with E-state index in [0.29, 0.717) is 19.4 Å². The monoisotopic (exact) mass is 451 g/mol. The number of piperidine rings is 1. The molecule has 0 aliphatic carbocycles. The Kier molecular flexibility index (Phi) is 8.00. The topological polar surface area (TPSA) is 62.3 Å². The van der Waals surface area contributed by atoms with Gasteiger partial charge in [-0.1, -0.05) is 12.5 Å². The number of nitrogens with zero attached hydrogens (tertiary/aromatic N) is 3. The minimum atomic E-state index is -3.76. The number of unbranched alkanes of at least 4 members (excludes halogenated alkanes) is 1. The number of likely N-dealkylation sites (tertiary alicyclic amines) is 1. The lowest BCUT2D eigenvalue weighted by atomic mass is 10.00. The van der Waals surface area contributed by atoms with Crippen LogP contribution in [0.5, 0.6) is 0 Å². The van der Waals surface area contributed by atoms with Crippen LogP contribution in [0.15, 0.2) is 17.0 Å². The summed E-state index contributed by atoms with van der Waals surface area (Å²) >= 11 is 0. The van der Waals surface area contributed by atoms with Crippen LogP contribution < -0.4 is 0 Å². The summed E-state index contributed by atoms with van der Waals surface area (Å²) in [5, 5.41) is 0. The van der Waals surface area contributed by atoms with Gasteiger partial charge in [0.1, 0.15) is 10.6 Å². The van der Waals surface area contributed by atoms with E-state index in [1.807, 2.05) is 6.92 Å². The standard InChI is InChI=1S/C23H37N3O4S/c1-19(29-5)20-9-11-22(12-10-20)31(27,28)26-21(8-6-7-15-24(2)3)18-30-23(26)13-16-25(4)17-14-23/h9,11,19,21H,6-8,13-18H2,1-5H3. The Morgan fingerprint density at radius 3 is 2.55 bits per heavy atom. The first-order chi connectivity index (χ1) is 14.7. The van der Waals surface area contributed by atoms with Crippen LogP contribution in [0, 0.1) is 12.1 Å². The van der Waals surface area contributed by atoms with Crippen molar-refractivity contribution >= 4 is 10.0 Å². The van der Waals surface area contributed by atoms with Crippen LogP contribution in [0.1, 0.15) is 50.7 Å². The van der Waals surface area contributed by atoms with Gasteiger partial charge >= 0.3 is 0 Å². The number of hydrogen-bond donors (Lipinski definition) is 0. The van der Waals surface area contributed by atoms with Crippen LogP contribution in [0.25, 0.3) is 0 Å². The summed E-state index contributed by atoms with van der Waals surface area (Å²) in [6.45, 7) is 4.99. The average Bonchev–Trinajstić information content (AvgIpc) is 3.11. The molecule has 3 rings (SSSR count). The van der Waals surface area contributed by atoms with E-state index in [2.05, 4.69) is 43.1 Å². The summed E-state index contributed by atoms with van der Waals surface area (Å²) in [5.74, 6) is 0. The van der Waals surface area contributed by atoms with E-state index >= 15 is 0 Å². The fourth-order valence-corrected chi connectivity index (χ4v) is 6.34. The molecule has 7 nitrogen and oxygen atoms in total. The molecule has 174 valence electrons. The van der Waals surface area contributed by atoms with Gasteiger partial charge in [0.05, 0.1) is 18.8 Å². The minimum Gasteiger partial charge on any atom is -0.376 e. The molecule has 2 saturated heterocycles. The summed E-state index contributed by atoms with van der Waals surface area (Å²) in [5.41, 5.74) is 0.0255. The minimum absolute atomic E-state index is 0.151. The molecule has 0 saturated carbocycles. The smallest absolute Gasteiger partial charge is 0.253 e. The lowest BCUT2D eigenvalue weighted by molar-refractivity contribution is -0.0884. The highest BCUT2D eigenvalue weighted by atomic mass is 32.2. The highest BCUT2D eigenvalue weighted by molar-refractivity contribution is 7.89. The summed E-state index contributed by atoms with van der Waals surface area (Å²) in [6.07, 6.45) is 4.00. The molecule has 1 aromatic rings. The van der Waals surface area contributed by atoms with Crippen molar-refractivity contribution in [2.24, 2.45) is 0 Å². The van der Waals surface area contributed by atoms with Gasteiger partial charge in [-0.2, -0.15) is 4.31 Å². The van der Waals surface area contributed by atoms with Crippen LogP contribution in [0.3, 0.4) is 0 Å². The molecule has 0 N–H and O–H groups in total. The van der Waals surface area contributed by atoms with Gasteiger partial charge < -0.3 is 19.3 Å². The van der Waals surface area contributed by atoms with Gasteiger partial charge in [-0.3, -0.25) is 0 Å². The Labute approximate surface area is 188 Å². The van der Waals surface area contributed by atoms with Crippen molar-refractivity contribution in [2.75, 3.05) is 54.5 Å². The maximum Gasteiger partial charge on any atom is 0.253 e. The van der Waals surface area contributed by atoms with Gasteiger partial charge in [-0.05, 0) is 65.7 Å². The predicted molar refractivity (Wildman–Crippen MR) is 120 cm³/mol. The van der Waals surface area contributed by atoms with E-state index in [0.717, 1.165) is 44.5 Å². The zero-order chi connectivity index (χ0) is 22.6. The Balaban J connectivity index is 1.86. The Hall–Kier alpha value is -1.21. The van der Waals surface area contributed by atoms with Gasteiger partial charge in [-0.25, -0.2) is 8.42 Å². The summed E-state index contributed by atoms with van der Waals surface area (Å²) in [7, 11) is 4.04. The molecular weight excluding hydrogens is 414 g/mol. The van der Waals surface area contributed by atoms with Crippen molar-refractivity contribution in [2.45, 2.75) is 61.8 Å². The van der Waals surface area contributed by atoms with E-state index in [1.54, 1.807) is 23.5 Å². The maximum atomic E-state index is 13.8. The van der Waals surface area contributed by atoms with Crippen molar-refractivity contribution in [3.63, 3.8) is 0 Å². The lowest BCUT2D eigenvalue weighted by Gasteiger charge is -2.43. The quantitative estimate of drug-likeness (QED) is 0.538. The third-order valence-corrected chi connectivity index (χ3v) is 8.45. The third-order valence-electron chi connectivity index (χ3n) is 6.51. The fourth-order valence-electron chi connectivity index (χ4n) is 4.47. The highest BCUT2D eigenvalue weighted by Crippen LogP contribution is 2.42. The highest BCUT2D eigenvalue weighted by Gasteiger charge is 2.54. The Bertz CT molecular complexity index is 805. The van der Waals surface area contributed by atoms with Crippen molar-refractivity contribution in [3.8, 4) is 0 Å². The Morgan fingerprint density at radius 2 is 1.97 bits per heavy atom. The third kappa shape index (κ3) is 5.41. The van der Waals surface area contributed by atoms with Crippen LogP contribution in [0.4, 0.5) is 0 Å². The molecule has 2 aliphatic heterocycles. The Morgan fingerprint density at radius 1 is 1.26 bits per heavy atom. The number of ether oxygens (including phenoxy) is 2. The molecule has 0 radical (unpaired) electrons. The second-order valence-electron chi connectivity index (χ2n) is 9.10. The maximum absolute atomic E-state index is 13.8. The van der Waals surface area contributed by atoms with Crippen molar-refractivity contribution in [1.82, 2.24) is 14.1 Å². The molecular formula is C23H37N3O4S. The molecule has 2 atom stereocenters. The number of hydrogen-bond acceptors (Lipinski definition) is 6. The zero-order valence-electron chi connectivity index (χ0n) is 19.6. The van der Waals surface area contributed by atoms with Crippen LogP contribution in [0.2, 0.25) is 0 Å². The second-order valence-corrected chi connectivity index (χ2v) is 10.9. The van der Waals surface area contributed by atoms with Gasteiger partial charge in [0.15, 0.2) is 0 Å². The molecule has 2 fully saturated rings. The molecule has 8 heteroatoms. The fraction of sp³-hybridized carbons (Fsp3) is 0.739. The van der Waals surface area contributed by atoms with Crippen LogP contribution in [-0.2, 0) is 19.5 Å². The molecule has 1 spiro atoms. The first-order valence-corrected chi connectivity index (χ1v) is 12.6. The normalized spacial score (nSPS) is 23.4.